The van der Waals surface area contributed by atoms with Crippen LogP contribution in [0, 0.1) is 0 Å². The van der Waals surface area contributed by atoms with Gasteiger partial charge >= 0.3 is 0 Å². The molecule has 9 aromatic rings. The third kappa shape index (κ3) is 2.65. The predicted octanol–water partition coefficient (Wildman–Crippen LogP) is 6.65. The smallest absolute Gasteiger partial charge is 0.246 e. The second-order valence-corrected chi connectivity index (χ2v) is 14.1. The molecule has 1 aromatic heterocycles. The summed E-state index contributed by atoms with van der Waals surface area (Å²) in [5.41, 5.74) is 20.1. The van der Waals surface area contributed by atoms with Crippen molar-refractivity contribution in [3.05, 3.63) is 140 Å². The van der Waals surface area contributed by atoms with Gasteiger partial charge in [-0.25, -0.2) is 4.98 Å². The minimum Gasteiger partial charge on any atom is -0.248 e. The first kappa shape index (κ1) is 24.3. The first-order valence-electron chi connectivity index (χ1n) is 17.0. The van der Waals surface area contributed by atoms with Crippen LogP contribution in [0.1, 0.15) is 0 Å². The van der Waals surface area contributed by atoms with Crippen molar-refractivity contribution in [3.63, 3.8) is 0 Å². The molecular weight excluding hydrogens is 576 g/mol. The Hall–Kier alpha value is -5.92. The average molecular weight is 599 g/mol. The van der Waals surface area contributed by atoms with Crippen molar-refractivity contribution in [1.82, 2.24) is 4.98 Å². The number of nitrogens with zero attached hydrogens (tertiary/aromatic N) is 1. The van der Waals surface area contributed by atoms with Gasteiger partial charge in [-0.05, 0) is 94.9 Å². The van der Waals surface area contributed by atoms with E-state index in [4.69, 9.17) is 4.98 Å². The molecule has 5 heterocycles. The van der Waals surface area contributed by atoms with Gasteiger partial charge in [0.15, 0.2) is 0 Å². The van der Waals surface area contributed by atoms with E-state index in [1.807, 2.05) is 0 Å². The van der Waals surface area contributed by atoms with Crippen LogP contribution in [0.25, 0.3) is 87.9 Å². The second-order valence-electron chi connectivity index (χ2n) is 14.1. The average Bonchev–Trinajstić information content (AvgIpc) is 3.64. The lowest BCUT2D eigenvalue weighted by Gasteiger charge is -2.28. The Bertz CT molecular complexity index is 2810. The van der Waals surface area contributed by atoms with E-state index in [0.717, 1.165) is 11.2 Å². The fourth-order valence-electron chi connectivity index (χ4n) is 10.3. The fourth-order valence-corrected chi connectivity index (χ4v) is 10.3. The van der Waals surface area contributed by atoms with Gasteiger partial charge in [0.05, 0.1) is 11.2 Å². The van der Waals surface area contributed by atoms with Crippen molar-refractivity contribution in [3.8, 4) is 44.6 Å². The highest BCUT2D eigenvalue weighted by atomic mass is 14.7. The summed E-state index contributed by atoms with van der Waals surface area (Å²) in [7, 11) is 0. The van der Waals surface area contributed by atoms with Gasteiger partial charge in [0, 0.05) is 5.39 Å². The van der Waals surface area contributed by atoms with Gasteiger partial charge in [0.25, 0.3) is 0 Å². The topological polar surface area (TPSA) is 12.9 Å². The van der Waals surface area contributed by atoms with E-state index in [0.29, 0.717) is 0 Å². The summed E-state index contributed by atoms with van der Waals surface area (Å²) in [4.78, 5) is 5.62. The Labute approximate surface area is 277 Å². The molecule has 3 heteroatoms. The van der Waals surface area contributed by atoms with Crippen LogP contribution in [0.15, 0.2) is 140 Å². The Kier molecular flexibility index (Phi) is 4.11. The van der Waals surface area contributed by atoms with Gasteiger partial charge in [-0.15, -0.1) is 0 Å². The molecule has 0 saturated carbocycles. The Morgan fingerprint density at radius 1 is 0.375 bits per heavy atom. The number of hydrogen-bond donors (Lipinski definition) is 0. The number of hydrogen-bond acceptors (Lipinski definition) is 1. The van der Waals surface area contributed by atoms with E-state index in [1.54, 1.807) is 0 Å². The van der Waals surface area contributed by atoms with Crippen LogP contribution < -0.4 is 32.8 Å². The monoisotopic (exact) mass is 599 g/mol. The minimum absolute atomic E-state index is 0.195. The van der Waals surface area contributed by atoms with Crippen LogP contribution >= 0.6 is 0 Å². The summed E-state index contributed by atoms with van der Waals surface area (Å²) in [6.45, 7) is 0.432. The molecule has 0 amide bonds. The Morgan fingerprint density at radius 3 is 1.62 bits per heavy atom. The van der Waals surface area contributed by atoms with Gasteiger partial charge < -0.3 is 0 Å². The quantitative estimate of drug-likeness (QED) is 0.141. The predicted molar refractivity (Wildman–Crippen MR) is 205 cm³/mol. The maximum atomic E-state index is 5.62. The molecule has 0 fully saturated rings. The van der Waals surface area contributed by atoms with Crippen molar-refractivity contribution in [2.75, 3.05) is 0 Å². The number of pyridine rings is 1. The molecule has 0 N–H and O–H groups in total. The first-order chi connectivity index (χ1) is 23.8. The molecule has 0 unspecified atom stereocenters. The van der Waals surface area contributed by atoms with E-state index in [2.05, 4.69) is 140 Å². The molecule has 0 spiro atoms. The highest BCUT2D eigenvalue weighted by Crippen LogP contribution is 2.45. The first-order valence-corrected chi connectivity index (χ1v) is 17.0. The van der Waals surface area contributed by atoms with Gasteiger partial charge in [-0.3, -0.25) is 0 Å². The van der Waals surface area contributed by atoms with Crippen LogP contribution in [0.2, 0.25) is 0 Å². The number of aromatic nitrogens is 1. The summed E-state index contributed by atoms with van der Waals surface area (Å²) in [6, 6.07) is 52.9. The van der Waals surface area contributed by atoms with Gasteiger partial charge in [0.2, 0.25) is 13.4 Å². The van der Waals surface area contributed by atoms with E-state index < -0.39 is 0 Å². The van der Waals surface area contributed by atoms with Crippen molar-refractivity contribution < 1.29 is 0 Å². The molecule has 4 aliphatic rings. The SMILES string of the molecule is c1ccc2c(c1)B1c3c-2cc2cc4c5c6c(nc4cc2c3-c2cccc3cccc1c23)-c1ccccc1B6c1cccc2cccc-5c12. The highest BCUT2D eigenvalue weighted by Gasteiger charge is 2.43. The fraction of sp³-hybridized carbons (Fsp3) is 0. The molecule has 48 heavy (non-hydrogen) atoms. The van der Waals surface area contributed by atoms with Crippen molar-refractivity contribution in [2.24, 2.45) is 0 Å². The van der Waals surface area contributed by atoms with E-state index in [9.17, 15) is 0 Å². The second kappa shape index (κ2) is 8.13. The summed E-state index contributed by atoms with van der Waals surface area (Å²) < 4.78 is 0. The van der Waals surface area contributed by atoms with Gasteiger partial charge in [0.1, 0.15) is 0 Å². The summed E-state index contributed by atoms with van der Waals surface area (Å²) in [5, 5.41) is 9.25. The van der Waals surface area contributed by atoms with Crippen LogP contribution in [-0.2, 0) is 0 Å². The zero-order chi connectivity index (χ0) is 30.8. The highest BCUT2D eigenvalue weighted by molar-refractivity contribution is 7.03. The summed E-state index contributed by atoms with van der Waals surface area (Å²) in [5.74, 6) is 0. The number of fused-ring (bicyclic) bond motifs is 14. The normalized spacial score (nSPS) is 13.8. The zero-order valence-electron chi connectivity index (χ0n) is 25.9. The van der Waals surface area contributed by atoms with Crippen molar-refractivity contribution in [2.45, 2.75) is 0 Å². The standard InChI is InChI=1S/C45H23B2N/c1-3-17-34-27(13-1)32-21-26-22-33-38(23-31(26)41-29-15-5-9-24-11-7-19-36(39(24)29)46(34)43(32)41)48-45-28-14-2-4-18-35(28)47-37-20-8-12-25-10-6-16-30(40(25)37)42(33)44(45)47/h1-23H. The third-order valence-corrected chi connectivity index (χ3v) is 12.0. The van der Waals surface area contributed by atoms with E-state index in [-0.39, 0.29) is 13.4 Å². The molecule has 214 valence electrons. The van der Waals surface area contributed by atoms with Gasteiger partial charge in [-0.2, -0.15) is 0 Å². The zero-order valence-corrected chi connectivity index (χ0v) is 25.9. The van der Waals surface area contributed by atoms with E-state index in [1.165, 1.54) is 109 Å². The summed E-state index contributed by atoms with van der Waals surface area (Å²) >= 11 is 0. The largest absolute Gasteiger partial charge is 0.248 e. The lowest BCUT2D eigenvalue weighted by atomic mass is 9.35. The molecule has 13 rings (SSSR count). The van der Waals surface area contributed by atoms with Crippen LogP contribution in [0.5, 0.6) is 0 Å². The molecule has 1 nitrogen and oxygen atoms in total. The molecule has 0 radical (unpaired) electrons. The molecule has 0 saturated heterocycles. The van der Waals surface area contributed by atoms with Crippen molar-refractivity contribution >= 4 is 89.4 Å². The lowest BCUT2D eigenvalue weighted by Crippen LogP contribution is -2.52. The lowest BCUT2D eigenvalue weighted by molar-refractivity contribution is 1.44. The molecule has 0 atom stereocenters. The molecule has 0 bridgehead atoms. The Balaban J connectivity index is 1.24. The third-order valence-electron chi connectivity index (χ3n) is 12.0. The van der Waals surface area contributed by atoms with E-state index >= 15 is 0 Å². The number of rotatable bonds is 0. The molecule has 4 aliphatic heterocycles. The van der Waals surface area contributed by atoms with Crippen LogP contribution in [-0.4, -0.2) is 18.4 Å². The maximum absolute atomic E-state index is 5.62. The maximum Gasteiger partial charge on any atom is 0.246 e. The molecule has 8 aromatic carbocycles. The molecule has 0 aliphatic carbocycles. The molecular formula is C45H23B2N. The van der Waals surface area contributed by atoms with Gasteiger partial charge in [-0.1, -0.05) is 149 Å². The minimum atomic E-state index is 0.195. The van der Waals surface area contributed by atoms with Crippen LogP contribution in [0.4, 0.5) is 0 Å². The summed E-state index contributed by atoms with van der Waals surface area (Å²) in [6.07, 6.45) is 0. The Morgan fingerprint density at radius 2 is 0.917 bits per heavy atom. The number of benzene rings is 8. The van der Waals surface area contributed by atoms with Crippen molar-refractivity contribution in [1.29, 1.82) is 0 Å². The van der Waals surface area contributed by atoms with Crippen LogP contribution in [0.3, 0.4) is 0 Å².